The van der Waals surface area contributed by atoms with Crippen molar-refractivity contribution in [2.24, 2.45) is 0 Å². The van der Waals surface area contributed by atoms with Crippen LogP contribution < -0.4 is 0 Å². The summed E-state index contributed by atoms with van der Waals surface area (Å²) in [5.74, 6) is 0. The molecular formula is C18H21ClO2. The lowest BCUT2D eigenvalue weighted by molar-refractivity contribution is 0.116. The van der Waals surface area contributed by atoms with Crippen molar-refractivity contribution in [1.82, 2.24) is 0 Å². The van der Waals surface area contributed by atoms with Gasteiger partial charge < -0.3 is 10.2 Å². The van der Waals surface area contributed by atoms with Crippen LogP contribution in [0.1, 0.15) is 22.3 Å². The molecule has 112 valence electrons. The Balaban J connectivity index is 2.46. The molecule has 0 bridgehead atoms. The van der Waals surface area contributed by atoms with Crippen molar-refractivity contribution in [3.63, 3.8) is 0 Å². The van der Waals surface area contributed by atoms with Crippen LogP contribution in [0.4, 0.5) is 0 Å². The summed E-state index contributed by atoms with van der Waals surface area (Å²) in [4.78, 5) is 0. The highest BCUT2D eigenvalue weighted by Gasteiger charge is 2.33. The molecule has 2 rings (SSSR count). The quantitative estimate of drug-likeness (QED) is 0.888. The SMILES string of the molecule is Cc1ccc(CC(CO)(CO)c2ccccc2C)c(Cl)c1. The van der Waals surface area contributed by atoms with E-state index >= 15 is 0 Å². The van der Waals surface area contributed by atoms with Gasteiger partial charge in [-0.25, -0.2) is 0 Å². The second-order valence-electron chi connectivity index (χ2n) is 5.68. The lowest BCUT2D eigenvalue weighted by Gasteiger charge is -2.32. The highest BCUT2D eigenvalue weighted by molar-refractivity contribution is 6.31. The number of aliphatic hydroxyl groups is 2. The van der Waals surface area contributed by atoms with E-state index in [4.69, 9.17) is 11.6 Å². The average Bonchev–Trinajstić information content (AvgIpc) is 2.48. The Hall–Kier alpha value is -1.35. The van der Waals surface area contributed by atoms with Crippen LogP contribution in [0.15, 0.2) is 42.5 Å². The molecule has 2 aromatic carbocycles. The zero-order valence-electron chi connectivity index (χ0n) is 12.4. The molecule has 0 aliphatic rings. The molecule has 0 aliphatic carbocycles. The molecule has 0 saturated carbocycles. The zero-order valence-corrected chi connectivity index (χ0v) is 13.2. The lowest BCUT2D eigenvalue weighted by atomic mass is 9.75. The number of halogens is 1. The van der Waals surface area contributed by atoms with Crippen LogP contribution in [0.5, 0.6) is 0 Å². The van der Waals surface area contributed by atoms with Crippen LogP contribution in [0, 0.1) is 13.8 Å². The monoisotopic (exact) mass is 304 g/mol. The molecule has 0 radical (unpaired) electrons. The minimum Gasteiger partial charge on any atom is -0.395 e. The molecule has 21 heavy (non-hydrogen) atoms. The number of aryl methyl sites for hydroxylation is 2. The molecule has 0 unspecified atom stereocenters. The minimum absolute atomic E-state index is 0.126. The van der Waals surface area contributed by atoms with Crippen molar-refractivity contribution >= 4 is 11.6 Å². The summed E-state index contributed by atoms with van der Waals surface area (Å²) in [6, 6.07) is 13.7. The second-order valence-corrected chi connectivity index (χ2v) is 6.09. The van der Waals surface area contributed by atoms with Crippen molar-refractivity contribution in [1.29, 1.82) is 0 Å². The maximum atomic E-state index is 9.96. The summed E-state index contributed by atoms with van der Waals surface area (Å²) in [6.07, 6.45) is 0.504. The van der Waals surface area contributed by atoms with Gasteiger partial charge in [-0.15, -0.1) is 0 Å². The first-order valence-electron chi connectivity index (χ1n) is 7.05. The Labute approximate surface area is 131 Å². The molecule has 0 aliphatic heterocycles. The fraction of sp³-hybridized carbons (Fsp3) is 0.333. The topological polar surface area (TPSA) is 40.5 Å². The van der Waals surface area contributed by atoms with Gasteiger partial charge in [0, 0.05) is 10.4 Å². The molecule has 0 atom stereocenters. The molecule has 0 spiro atoms. The van der Waals surface area contributed by atoms with Crippen LogP contribution in [-0.4, -0.2) is 23.4 Å². The van der Waals surface area contributed by atoms with Gasteiger partial charge in [-0.1, -0.05) is 48.0 Å². The Morgan fingerprint density at radius 2 is 1.67 bits per heavy atom. The van der Waals surface area contributed by atoms with Crippen LogP contribution in [0.3, 0.4) is 0 Å². The van der Waals surface area contributed by atoms with Crippen LogP contribution >= 0.6 is 11.6 Å². The van der Waals surface area contributed by atoms with Gasteiger partial charge in [0.05, 0.1) is 13.2 Å². The Morgan fingerprint density at radius 1 is 1.00 bits per heavy atom. The van der Waals surface area contributed by atoms with E-state index in [1.165, 1.54) is 0 Å². The smallest absolute Gasteiger partial charge is 0.0553 e. The van der Waals surface area contributed by atoms with E-state index in [1.54, 1.807) is 0 Å². The van der Waals surface area contributed by atoms with Gasteiger partial charge in [0.15, 0.2) is 0 Å². The zero-order chi connectivity index (χ0) is 15.5. The fourth-order valence-electron chi connectivity index (χ4n) is 2.76. The summed E-state index contributed by atoms with van der Waals surface area (Å²) in [6.45, 7) is 3.73. The first-order valence-corrected chi connectivity index (χ1v) is 7.43. The predicted octanol–water partition coefficient (Wildman–Crippen LogP) is 3.42. The summed E-state index contributed by atoms with van der Waals surface area (Å²) in [5.41, 5.74) is 3.34. The maximum absolute atomic E-state index is 9.96. The normalized spacial score (nSPS) is 11.7. The van der Waals surface area contributed by atoms with E-state index in [9.17, 15) is 10.2 Å². The summed E-state index contributed by atoms with van der Waals surface area (Å²) in [7, 11) is 0. The molecule has 2 nitrogen and oxygen atoms in total. The van der Waals surface area contributed by atoms with Crippen molar-refractivity contribution in [2.75, 3.05) is 13.2 Å². The molecule has 2 aromatic rings. The molecular weight excluding hydrogens is 284 g/mol. The lowest BCUT2D eigenvalue weighted by Crippen LogP contribution is -2.38. The largest absolute Gasteiger partial charge is 0.395 e. The number of rotatable bonds is 5. The van der Waals surface area contributed by atoms with Crippen LogP contribution in [0.25, 0.3) is 0 Å². The molecule has 0 heterocycles. The number of hydrogen-bond acceptors (Lipinski definition) is 2. The molecule has 0 saturated heterocycles. The van der Waals surface area contributed by atoms with E-state index in [-0.39, 0.29) is 13.2 Å². The van der Waals surface area contributed by atoms with Gasteiger partial charge in [0.2, 0.25) is 0 Å². The third kappa shape index (κ3) is 3.29. The first kappa shape index (κ1) is 16.0. The Morgan fingerprint density at radius 3 is 2.24 bits per heavy atom. The van der Waals surface area contributed by atoms with Crippen molar-refractivity contribution in [3.05, 3.63) is 69.7 Å². The van der Waals surface area contributed by atoms with E-state index in [2.05, 4.69) is 0 Å². The van der Waals surface area contributed by atoms with E-state index in [0.29, 0.717) is 11.4 Å². The number of benzene rings is 2. The molecule has 2 N–H and O–H groups in total. The van der Waals surface area contributed by atoms with Gasteiger partial charge in [-0.05, 0) is 48.6 Å². The highest BCUT2D eigenvalue weighted by atomic mass is 35.5. The molecule has 0 amide bonds. The van der Waals surface area contributed by atoms with Crippen LogP contribution in [0.2, 0.25) is 5.02 Å². The van der Waals surface area contributed by atoms with Gasteiger partial charge in [0.25, 0.3) is 0 Å². The van der Waals surface area contributed by atoms with Gasteiger partial charge >= 0.3 is 0 Å². The summed E-state index contributed by atoms with van der Waals surface area (Å²) < 4.78 is 0. The summed E-state index contributed by atoms with van der Waals surface area (Å²) >= 11 is 6.31. The van der Waals surface area contributed by atoms with Crippen molar-refractivity contribution in [2.45, 2.75) is 25.7 Å². The average molecular weight is 305 g/mol. The Kier molecular flexibility index (Phi) is 5.04. The third-order valence-electron chi connectivity index (χ3n) is 4.06. The minimum atomic E-state index is -0.718. The molecule has 3 heteroatoms. The number of hydrogen-bond donors (Lipinski definition) is 2. The highest BCUT2D eigenvalue weighted by Crippen LogP contribution is 2.32. The van der Waals surface area contributed by atoms with E-state index in [1.807, 2.05) is 56.3 Å². The van der Waals surface area contributed by atoms with E-state index in [0.717, 1.165) is 22.3 Å². The Bertz CT molecular complexity index is 618. The van der Waals surface area contributed by atoms with Crippen molar-refractivity contribution < 1.29 is 10.2 Å². The molecule has 0 aromatic heterocycles. The van der Waals surface area contributed by atoms with Gasteiger partial charge in [0.1, 0.15) is 0 Å². The van der Waals surface area contributed by atoms with Crippen LogP contribution in [-0.2, 0) is 11.8 Å². The third-order valence-corrected chi connectivity index (χ3v) is 4.41. The molecule has 0 fully saturated rings. The second kappa shape index (κ2) is 6.61. The summed E-state index contributed by atoms with van der Waals surface area (Å²) in [5, 5.41) is 20.6. The maximum Gasteiger partial charge on any atom is 0.0553 e. The van der Waals surface area contributed by atoms with Gasteiger partial charge in [-0.2, -0.15) is 0 Å². The fourth-order valence-corrected chi connectivity index (χ4v) is 3.06. The van der Waals surface area contributed by atoms with Gasteiger partial charge in [-0.3, -0.25) is 0 Å². The standard InChI is InChI=1S/C18H21ClO2/c1-13-7-8-15(17(19)9-13)10-18(11-20,12-21)16-6-4-3-5-14(16)2/h3-9,20-21H,10-12H2,1-2H3. The van der Waals surface area contributed by atoms with Crippen molar-refractivity contribution in [3.8, 4) is 0 Å². The number of aliphatic hydroxyl groups excluding tert-OH is 2. The first-order chi connectivity index (χ1) is 10.0. The predicted molar refractivity (Wildman–Crippen MR) is 86.9 cm³/mol. The van der Waals surface area contributed by atoms with E-state index < -0.39 is 5.41 Å².